The zero-order chi connectivity index (χ0) is 12.3. The summed E-state index contributed by atoms with van der Waals surface area (Å²) in [6.45, 7) is 0. The molecule has 0 saturated carbocycles. The summed E-state index contributed by atoms with van der Waals surface area (Å²) in [4.78, 5) is 0. The monoisotopic (exact) mass is 231 g/mol. The minimum atomic E-state index is -0.0583. The Morgan fingerprint density at radius 2 is 1.33 bits per heavy atom. The third-order valence-electron chi connectivity index (χ3n) is 3.55. The van der Waals surface area contributed by atoms with Gasteiger partial charge in [-0.2, -0.15) is 0 Å². The van der Waals surface area contributed by atoms with Crippen LogP contribution in [0.2, 0.25) is 0 Å². The van der Waals surface area contributed by atoms with E-state index in [0.717, 1.165) is 6.42 Å². The van der Waals surface area contributed by atoms with Crippen molar-refractivity contribution >= 4 is 0 Å². The highest BCUT2D eigenvalue weighted by Crippen LogP contribution is 2.38. The van der Waals surface area contributed by atoms with Gasteiger partial charge in [0.25, 0.3) is 0 Å². The van der Waals surface area contributed by atoms with Gasteiger partial charge in [0.15, 0.2) is 0 Å². The van der Waals surface area contributed by atoms with Crippen LogP contribution in [0.15, 0.2) is 78.9 Å². The van der Waals surface area contributed by atoms with Crippen molar-refractivity contribution in [1.29, 1.82) is 0 Å². The Kier molecular flexibility index (Phi) is 2.85. The topological polar surface area (TPSA) is 0 Å². The van der Waals surface area contributed by atoms with Gasteiger partial charge in [-0.05, 0) is 23.6 Å². The van der Waals surface area contributed by atoms with Crippen LogP contribution in [0.3, 0.4) is 0 Å². The van der Waals surface area contributed by atoms with Crippen molar-refractivity contribution in [1.82, 2.24) is 0 Å². The van der Waals surface area contributed by atoms with Gasteiger partial charge in [0.2, 0.25) is 0 Å². The van der Waals surface area contributed by atoms with Crippen LogP contribution in [-0.2, 0) is 5.41 Å². The van der Waals surface area contributed by atoms with E-state index >= 15 is 0 Å². The lowest BCUT2D eigenvalue weighted by Crippen LogP contribution is -2.25. The van der Waals surface area contributed by atoms with Gasteiger partial charge < -0.3 is 0 Å². The van der Waals surface area contributed by atoms with E-state index in [2.05, 4.69) is 78.9 Å². The summed E-state index contributed by atoms with van der Waals surface area (Å²) in [5.41, 5.74) is 2.60. The van der Waals surface area contributed by atoms with Crippen molar-refractivity contribution in [3.8, 4) is 0 Å². The summed E-state index contributed by atoms with van der Waals surface area (Å²) in [6.07, 6.45) is 10.7. The molecule has 18 heavy (non-hydrogen) atoms. The molecule has 0 N–H and O–H groups in total. The fourth-order valence-corrected chi connectivity index (χ4v) is 2.59. The fraction of sp³-hybridized carbons (Fsp3) is 0.111. The maximum atomic E-state index is 3.36. The maximum absolute atomic E-state index is 3.36. The lowest BCUT2D eigenvalue weighted by molar-refractivity contribution is 0.638. The summed E-state index contributed by atoms with van der Waals surface area (Å²) in [7, 11) is 0. The van der Waals surface area contributed by atoms with E-state index in [1.54, 1.807) is 0 Å². The highest BCUT2D eigenvalue weighted by atomic mass is 14.3. The molecule has 0 spiro atoms. The highest BCUT2D eigenvalue weighted by molar-refractivity contribution is 5.46. The van der Waals surface area contributed by atoms with E-state index in [0.29, 0.717) is 0 Å². The summed E-state index contributed by atoms with van der Waals surface area (Å²) >= 11 is 0. The second-order valence-electron chi connectivity index (χ2n) is 4.61. The molecule has 0 heteroatoms. The molecule has 87 valence electrons. The Morgan fingerprint density at radius 3 is 1.78 bits per heavy atom. The van der Waals surface area contributed by atoms with Crippen LogP contribution in [0, 0.1) is 6.08 Å². The molecular formula is C18H15. The van der Waals surface area contributed by atoms with Crippen LogP contribution in [0.1, 0.15) is 17.5 Å². The van der Waals surface area contributed by atoms with Crippen LogP contribution >= 0.6 is 0 Å². The Balaban J connectivity index is 2.17. The van der Waals surface area contributed by atoms with Crippen LogP contribution < -0.4 is 0 Å². The van der Waals surface area contributed by atoms with Gasteiger partial charge in [0, 0.05) is 5.41 Å². The van der Waals surface area contributed by atoms with Crippen molar-refractivity contribution < 1.29 is 0 Å². The van der Waals surface area contributed by atoms with Gasteiger partial charge in [0.05, 0.1) is 0 Å². The van der Waals surface area contributed by atoms with Gasteiger partial charge in [-0.1, -0.05) is 78.9 Å². The third-order valence-corrected chi connectivity index (χ3v) is 3.55. The quantitative estimate of drug-likeness (QED) is 0.723. The fourth-order valence-electron chi connectivity index (χ4n) is 2.59. The molecule has 0 aliphatic heterocycles. The number of rotatable bonds is 2. The summed E-state index contributed by atoms with van der Waals surface area (Å²) in [6, 6.07) is 21.3. The molecule has 0 fully saturated rings. The molecule has 0 heterocycles. The lowest BCUT2D eigenvalue weighted by Gasteiger charge is -2.32. The van der Waals surface area contributed by atoms with E-state index in [4.69, 9.17) is 0 Å². The first-order valence-electron chi connectivity index (χ1n) is 6.27. The number of allylic oxidation sites excluding steroid dienone is 4. The molecule has 1 aliphatic carbocycles. The molecule has 2 aromatic carbocycles. The predicted molar refractivity (Wildman–Crippen MR) is 75.2 cm³/mol. The smallest absolute Gasteiger partial charge is 0.0425 e. The minimum absolute atomic E-state index is 0.0583. The first-order valence-corrected chi connectivity index (χ1v) is 6.27. The summed E-state index contributed by atoms with van der Waals surface area (Å²) < 4.78 is 0. The van der Waals surface area contributed by atoms with E-state index in [9.17, 15) is 0 Å². The van der Waals surface area contributed by atoms with Gasteiger partial charge in [-0.15, -0.1) is 0 Å². The Hall–Kier alpha value is -2.08. The van der Waals surface area contributed by atoms with Crippen molar-refractivity contribution in [2.24, 2.45) is 0 Å². The molecule has 0 nitrogen and oxygen atoms in total. The number of hydrogen-bond acceptors (Lipinski definition) is 0. The molecule has 0 saturated heterocycles. The van der Waals surface area contributed by atoms with Gasteiger partial charge in [-0.25, -0.2) is 0 Å². The second-order valence-corrected chi connectivity index (χ2v) is 4.61. The minimum Gasteiger partial charge on any atom is -0.0693 e. The summed E-state index contributed by atoms with van der Waals surface area (Å²) in [5.74, 6) is 0. The molecule has 0 aromatic heterocycles. The molecule has 0 unspecified atom stereocenters. The Labute approximate surface area is 108 Å². The average Bonchev–Trinajstić information content (AvgIpc) is 2.50. The van der Waals surface area contributed by atoms with E-state index < -0.39 is 0 Å². The van der Waals surface area contributed by atoms with Gasteiger partial charge in [0.1, 0.15) is 0 Å². The molecule has 0 atom stereocenters. The maximum Gasteiger partial charge on any atom is 0.0425 e. The predicted octanol–water partition coefficient (Wildman–Crippen LogP) is 4.29. The van der Waals surface area contributed by atoms with E-state index in [-0.39, 0.29) is 5.41 Å². The van der Waals surface area contributed by atoms with Crippen LogP contribution in [0.25, 0.3) is 0 Å². The lowest BCUT2D eigenvalue weighted by atomic mass is 9.70. The summed E-state index contributed by atoms with van der Waals surface area (Å²) in [5, 5.41) is 0. The van der Waals surface area contributed by atoms with Crippen LogP contribution in [0.4, 0.5) is 0 Å². The average molecular weight is 231 g/mol. The van der Waals surface area contributed by atoms with Crippen molar-refractivity contribution in [2.45, 2.75) is 11.8 Å². The van der Waals surface area contributed by atoms with Crippen molar-refractivity contribution in [2.75, 3.05) is 0 Å². The van der Waals surface area contributed by atoms with Gasteiger partial charge in [-0.3, -0.25) is 0 Å². The molecule has 2 aromatic rings. The third kappa shape index (κ3) is 1.80. The van der Waals surface area contributed by atoms with Crippen molar-refractivity contribution in [3.63, 3.8) is 0 Å². The first kappa shape index (κ1) is 11.0. The SMILES string of the molecule is [C]1=CC=CC(c2ccccc2)(c2ccccc2)C1. The molecular weight excluding hydrogens is 216 g/mol. The first-order chi connectivity index (χ1) is 8.92. The normalized spacial score (nSPS) is 16.7. The second kappa shape index (κ2) is 4.66. The van der Waals surface area contributed by atoms with E-state index in [1.807, 2.05) is 6.08 Å². The van der Waals surface area contributed by atoms with Gasteiger partial charge >= 0.3 is 0 Å². The Bertz CT molecular complexity index is 522. The zero-order valence-electron chi connectivity index (χ0n) is 10.2. The number of benzene rings is 2. The standard InChI is InChI=1S/C18H15/c1-4-10-16(11-5-1)18(14-8-3-9-15-18)17-12-6-2-7-13-17/h1-8,10-14H,15H2. The molecule has 1 radical (unpaired) electrons. The molecule has 3 rings (SSSR count). The van der Waals surface area contributed by atoms with E-state index in [1.165, 1.54) is 11.1 Å². The number of hydrogen-bond donors (Lipinski definition) is 0. The molecule has 0 bridgehead atoms. The van der Waals surface area contributed by atoms with Crippen molar-refractivity contribution in [3.05, 3.63) is 96.1 Å². The molecule has 1 aliphatic rings. The largest absolute Gasteiger partial charge is 0.0693 e. The molecule has 0 amide bonds. The van der Waals surface area contributed by atoms with Crippen LogP contribution in [-0.4, -0.2) is 0 Å². The zero-order valence-corrected chi connectivity index (χ0v) is 10.2. The Morgan fingerprint density at radius 1 is 0.778 bits per heavy atom. The highest BCUT2D eigenvalue weighted by Gasteiger charge is 2.31. The van der Waals surface area contributed by atoms with Crippen LogP contribution in [0.5, 0.6) is 0 Å².